The van der Waals surface area contributed by atoms with E-state index >= 15 is 0 Å². The molecule has 0 aliphatic heterocycles. The molecular formula is C17H35NO5. The van der Waals surface area contributed by atoms with Crippen LogP contribution in [0, 0.1) is 11.8 Å². The minimum absolute atomic E-state index is 0.120. The zero-order chi connectivity index (χ0) is 18.2. The van der Waals surface area contributed by atoms with Gasteiger partial charge in [0.05, 0.1) is 12.0 Å². The van der Waals surface area contributed by atoms with Gasteiger partial charge in [0.15, 0.2) is 0 Å². The summed E-state index contributed by atoms with van der Waals surface area (Å²) < 4.78 is 0. The van der Waals surface area contributed by atoms with Gasteiger partial charge in [-0.15, -0.1) is 0 Å². The Bertz CT molecular complexity index is 348. The Hall–Kier alpha value is -0.690. The molecule has 5 atom stereocenters. The molecule has 0 aromatic rings. The van der Waals surface area contributed by atoms with Crippen LogP contribution in [0.3, 0.4) is 0 Å². The topological polar surface area (TPSA) is 101 Å². The van der Waals surface area contributed by atoms with Gasteiger partial charge < -0.3 is 20.4 Å². The summed E-state index contributed by atoms with van der Waals surface area (Å²) >= 11 is 0. The fourth-order valence-corrected chi connectivity index (χ4v) is 2.97. The summed E-state index contributed by atoms with van der Waals surface area (Å²) in [7, 11) is 1.72. The average Bonchev–Trinajstić information content (AvgIpc) is 2.43. The SMILES string of the molecule is CCCC(C)(O)C(O)N(C)CCC(O)C[C@@H](C)CC(C)C(=O)O. The number of carboxylic acid groups (broad SMARTS) is 1. The molecule has 0 amide bonds. The molecule has 4 N–H and O–H groups in total. The van der Waals surface area contributed by atoms with Gasteiger partial charge in [-0.2, -0.15) is 0 Å². The highest BCUT2D eigenvalue weighted by Gasteiger charge is 2.32. The highest BCUT2D eigenvalue weighted by Crippen LogP contribution is 2.21. The highest BCUT2D eigenvalue weighted by atomic mass is 16.4. The molecule has 0 aliphatic rings. The summed E-state index contributed by atoms with van der Waals surface area (Å²) in [5.41, 5.74) is -1.17. The van der Waals surface area contributed by atoms with Crippen LogP contribution < -0.4 is 0 Å². The van der Waals surface area contributed by atoms with Crippen molar-refractivity contribution in [3.63, 3.8) is 0 Å². The second-order valence-corrected chi connectivity index (χ2v) is 7.22. The van der Waals surface area contributed by atoms with Gasteiger partial charge in [0.2, 0.25) is 0 Å². The van der Waals surface area contributed by atoms with E-state index in [0.29, 0.717) is 32.2 Å². The minimum Gasteiger partial charge on any atom is -0.481 e. The maximum Gasteiger partial charge on any atom is 0.306 e. The molecule has 6 nitrogen and oxygen atoms in total. The summed E-state index contributed by atoms with van der Waals surface area (Å²) in [5, 5.41) is 39.4. The lowest BCUT2D eigenvalue weighted by molar-refractivity contribution is -0.141. The summed E-state index contributed by atoms with van der Waals surface area (Å²) in [5.74, 6) is -1.10. The van der Waals surface area contributed by atoms with E-state index < -0.39 is 29.8 Å². The summed E-state index contributed by atoms with van der Waals surface area (Å²) in [4.78, 5) is 12.5. The van der Waals surface area contributed by atoms with Crippen molar-refractivity contribution in [2.75, 3.05) is 13.6 Å². The highest BCUT2D eigenvalue weighted by molar-refractivity contribution is 5.69. The predicted octanol–water partition coefficient (Wildman–Crippen LogP) is 1.68. The van der Waals surface area contributed by atoms with Crippen molar-refractivity contribution in [3.8, 4) is 0 Å². The molecule has 0 fully saturated rings. The van der Waals surface area contributed by atoms with Crippen LogP contribution in [0.1, 0.15) is 59.8 Å². The number of aliphatic carboxylic acids is 1. The van der Waals surface area contributed by atoms with Gasteiger partial charge in [0.25, 0.3) is 0 Å². The molecule has 0 aromatic heterocycles. The summed E-state index contributed by atoms with van der Waals surface area (Å²) in [6.07, 6.45) is 1.31. The first-order valence-corrected chi connectivity index (χ1v) is 8.52. The number of aliphatic hydroxyl groups excluding tert-OH is 2. The molecule has 6 heteroatoms. The lowest BCUT2D eigenvalue weighted by atomic mass is 9.91. The third kappa shape index (κ3) is 8.65. The van der Waals surface area contributed by atoms with E-state index in [2.05, 4.69) is 0 Å². The second kappa shape index (κ2) is 10.2. The van der Waals surface area contributed by atoms with Crippen molar-refractivity contribution in [1.29, 1.82) is 0 Å². The van der Waals surface area contributed by atoms with E-state index in [4.69, 9.17) is 5.11 Å². The van der Waals surface area contributed by atoms with Crippen LogP contribution in [-0.2, 0) is 4.79 Å². The predicted molar refractivity (Wildman–Crippen MR) is 90.0 cm³/mol. The van der Waals surface area contributed by atoms with Crippen LogP contribution in [0.5, 0.6) is 0 Å². The molecule has 0 rings (SSSR count). The van der Waals surface area contributed by atoms with Crippen molar-refractivity contribution >= 4 is 5.97 Å². The molecule has 0 aromatic carbocycles. The molecule has 0 saturated heterocycles. The maximum atomic E-state index is 10.8. The maximum absolute atomic E-state index is 10.8. The number of rotatable bonds is 12. The second-order valence-electron chi connectivity index (χ2n) is 7.22. The van der Waals surface area contributed by atoms with E-state index in [-0.39, 0.29) is 5.92 Å². The van der Waals surface area contributed by atoms with Crippen LogP contribution in [0.25, 0.3) is 0 Å². The lowest BCUT2D eigenvalue weighted by Gasteiger charge is -2.35. The Balaban J connectivity index is 4.22. The molecule has 0 saturated carbocycles. The first kappa shape index (κ1) is 22.3. The molecule has 0 heterocycles. The van der Waals surface area contributed by atoms with Crippen molar-refractivity contribution < 1.29 is 25.2 Å². The number of carboxylic acids is 1. The molecular weight excluding hydrogens is 298 g/mol. The Labute approximate surface area is 140 Å². The zero-order valence-corrected chi connectivity index (χ0v) is 15.2. The third-order valence-electron chi connectivity index (χ3n) is 4.40. The Morgan fingerprint density at radius 3 is 2.26 bits per heavy atom. The van der Waals surface area contributed by atoms with E-state index in [0.717, 1.165) is 6.42 Å². The van der Waals surface area contributed by atoms with Crippen LogP contribution in [0.2, 0.25) is 0 Å². The number of nitrogens with zero attached hydrogens (tertiary/aromatic N) is 1. The first-order valence-electron chi connectivity index (χ1n) is 8.52. The third-order valence-corrected chi connectivity index (χ3v) is 4.40. The summed E-state index contributed by atoms with van der Waals surface area (Å²) in [6, 6.07) is 0. The van der Waals surface area contributed by atoms with Crippen LogP contribution >= 0.6 is 0 Å². The smallest absolute Gasteiger partial charge is 0.306 e. The van der Waals surface area contributed by atoms with Gasteiger partial charge in [0.1, 0.15) is 11.8 Å². The van der Waals surface area contributed by atoms with Gasteiger partial charge in [0, 0.05) is 6.54 Å². The van der Waals surface area contributed by atoms with Crippen LogP contribution in [-0.4, -0.2) is 62.8 Å². The van der Waals surface area contributed by atoms with Crippen molar-refractivity contribution in [2.45, 2.75) is 77.7 Å². The van der Waals surface area contributed by atoms with E-state index in [1.165, 1.54) is 0 Å². The largest absolute Gasteiger partial charge is 0.481 e. The Morgan fingerprint density at radius 2 is 1.78 bits per heavy atom. The fraction of sp³-hybridized carbons (Fsp3) is 0.941. The Morgan fingerprint density at radius 1 is 1.22 bits per heavy atom. The van der Waals surface area contributed by atoms with Crippen molar-refractivity contribution in [1.82, 2.24) is 4.90 Å². The average molecular weight is 333 g/mol. The monoisotopic (exact) mass is 333 g/mol. The minimum atomic E-state index is -1.17. The standard InChI is InChI=1S/C17H35NO5/c1-6-8-17(4,23)16(22)18(5)9-7-14(19)11-12(2)10-13(3)15(20)21/h12-14,16,19,22-23H,6-11H2,1-5H3,(H,20,21)/t12-,13?,14?,16?,17?/m0/s1. The fourth-order valence-electron chi connectivity index (χ4n) is 2.97. The molecule has 23 heavy (non-hydrogen) atoms. The number of carbonyl (C=O) groups is 1. The quantitative estimate of drug-likeness (QED) is 0.405. The molecule has 4 unspecified atom stereocenters. The van der Waals surface area contributed by atoms with E-state index in [1.807, 2.05) is 13.8 Å². The van der Waals surface area contributed by atoms with Gasteiger partial charge >= 0.3 is 5.97 Å². The van der Waals surface area contributed by atoms with E-state index in [1.54, 1.807) is 25.8 Å². The normalized spacial score (nSPS) is 19.9. The Kier molecular flexibility index (Phi) is 9.93. The number of hydrogen-bond donors (Lipinski definition) is 4. The van der Waals surface area contributed by atoms with Gasteiger partial charge in [-0.05, 0) is 45.6 Å². The lowest BCUT2D eigenvalue weighted by Crippen LogP contribution is -2.50. The van der Waals surface area contributed by atoms with Gasteiger partial charge in [-0.3, -0.25) is 9.69 Å². The van der Waals surface area contributed by atoms with Crippen LogP contribution in [0.4, 0.5) is 0 Å². The number of aliphatic hydroxyl groups is 3. The van der Waals surface area contributed by atoms with Gasteiger partial charge in [-0.1, -0.05) is 27.2 Å². The first-order chi connectivity index (χ1) is 10.5. The van der Waals surface area contributed by atoms with Crippen molar-refractivity contribution in [2.24, 2.45) is 11.8 Å². The van der Waals surface area contributed by atoms with E-state index in [9.17, 15) is 20.1 Å². The molecule has 0 spiro atoms. The molecule has 0 bridgehead atoms. The van der Waals surface area contributed by atoms with Crippen molar-refractivity contribution in [3.05, 3.63) is 0 Å². The zero-order valence-electron chi connectivity index (χ0n) is 15.2. The molecule has 0 radical (unpaired) electrons. The van der Waals surface area contributed by atoms with Crippen LogP contribution in [0.15, 0.2) is 0 Å². The number of hydrogen-bond acceptors (Lipinski definition) is 5. The molecule has 0 aliphatic carbocycles. The van der Waals surface area contributed by atoms with Gasteiger partial charge in [-0.25, -0.2) is 0 Å². The number of likely N-dealkylation sites (N-methyl/N-ethyl adjacent to an activating group) is 1. The molecule has 138 valence electrons. The summed E-state index contributed by atoms with van der Waals surface area (Å²) in [6.45, 7) is 7.63.